The van der Waals surface area contributed by atoms with Gasteiger partial charge in [0.15, 0.2) is 0 Å². The summed E-state index contributed by atoms with van der Waals surface area (Å²) in [5.41, 5.74) is 0. The number of furan rings is 1. The second-order valence-corrected chi connectivity index (χ2v) is 5.81. The van der Waals surface area contributed by atoms with Crippen LogP contribution in [0.3, 0.4) is 0 Å². The predicted molar refractivity (Wildman–Crippen MR) is 81.1 cm³/mol. The fourth-order valence-corrected chi connectivity index (χ4v) is 3.04. The molecule has 1 aromatic heterocycles. The number of rotatable bonds is 6. The SMILES string of the molecule is COCCN1C(C)CN(C(=O)CCc2ccco2)CC1C. The summed E-state index contributed by atoms with van der Waals surface area (Å²) in [5.74, 6) is 1.10. The zero-order chi connectivity index (χ0) is 15.2. The van der Waals surface area contributed by atoms with Gasteiger partial charge in [-0.2, -0.15) is 0 Å². The van der Waals surface area contributed by atoms with Crippen molar-refractivity contribution >= 4 is 5.91 Å². The first-order chi connectivity index (χ1) is 10.1. The van der Waals surface area contributed by atoms with Crippen molar-refractivity contribution < 1.29 is 13.9 Å². The zero-order valence-corrected chi connectivity index (χ0v) is 13.2. The van der Waals surface area contributed by atoms with Crippen molar-refractivity contribution in [2.24, 2.45) is 0 Å². The van der Waals surface area contributed by atoms with E-state index in [1.54, 1.807) is 13.4 Å². The van der Waals surface area contributed by atoms with Crippen LogP contribution in [0.1, 0.15) is 26.0 Å². The summed E-state index contributed by atoms with van der Waals surface area (Å²) >= 11 is 0. The van der Waals surface area contributed by atoms with E-state index < -0.39 is 0 Å². The van der Waals surface area contributed by atoms with Gasteiger partial charge in [0.05, 0.1) is 12.9 Å². The van der Waals surface area contributed by atoms with Crippen LogP contribution in [0.4, 0.5) is 0 Å². The first-order valence-corrected chi connectivity index (χ1v) is 7.66. The average molecular weight is 294 g/mol. The molecule has 1 aliphatic rings. The second-order valence-electron chi connectivity index (χ2n) is 5.81. The molecule has 1 amide bonds. The van der Waals surface area contributed by atoms with Gasteiger partial charge in [-0.15, -0.1) is 0 Å². The summed E-state index contributed by atoms with van der Waals surface area (Å²) in [5, 5.41) is 0. The Hall–Kier alpha value is -1.33. The van der Waals surface area contributed by atoms with Crippen molar-refractivity contribution in [2.45, 2.75) is 38.8 Å². The van der Waals surface area contributed by atoms with Crippen LogP contribution >= 0.6 is 0 Å². The molecule has 0 aromatic carbocycles. The zero-order valence-electron chi connectivity index (χ0n) is 13.2. The highest BCUT2D eigenvalue weighted by molar-refractivity contribution is 5.76. The third-order valence-electron chi connectivity index (χ3n) is 4.17. The third kappa shape index (κ3) is 4.32. The number of piperazine rings is 1. The minimum absolute atomic E-state index is 0.219. The monoisotopic (exact) mass is 294 g/mol. The number of hydrogen-bond donors (Lipinski definition) is 0. The van der Waals surface area contributed by atoms with Crippen molar-refractivity contribution in [3.8, 4) is 0 Å². The van der Waals surface area contributed by atoms with Crippen LogP contribution in [0, 0.1) is 0 Å². The molecule has 1 saturated heterocycles. The lowest BCUT2D eigenvalue weighted by molar-refractivity contribution is -0.135. The number of ether oxygens (including phenoxy) is 1. The van der Waals surface area contributed by atoms with Crippen LogP contribution < -0.4 is 0 Å². The number of methoxy groups -OCH3 is 1. The van der Waals surface area contributed by atoms with E-state index in [1.165, 1.54) is 0 Å². The fraction of sp³-hybridized carbons (Fsp3) is 0.688. The highest BCUT2D eigenvalue weighted by Gasteiger charge is 2.31. The van der Waals surface area contributed by atoms with Gasteiger partial charge in [0.1, 0.15) is 5.76 Å². The summed E-state index contributed by atoms with van der Waals surface area (Å²) < 4.78 is 10.4. The standard InChI is InChI=1S/C16H26N2O3/c1-13-11-17(12-14(2)18(13)8-10-20-3)16(19)7-6-15-5-4-9-21-15/h4-5,9,13-14H,6-8,10-12H2,1-3H3. The maximum absolute atomic E-state index is 12.3. The fourth-order valence-electron chi connectivity index (χ4n) is 3.04. The van der Waals surface area contributed by atoms with Crippen molar-refractivity contribution in [3.05, 3.63) is 24.2 Å². The molecule has 118 valence electrons. The molecule has 2 atom stereocenters. The van der Waals surface area contributed by atoms with Crippen molar-refractivity contribution in [2.75, 3.05) is 33.4 Å². The molecule has 1 aromatic rings. The summed E-state index contributed by atoms with van der Waals surface area (Å²) in [6.07, 6.45) is 2.85. The molecular weight excluding hydrogens is 268 g/mol. The van der Waals surface area contributed by atoms with E-state index in [-0.39, 0.29) is 5.91 Å². The lowest BCUT2D eigenvalue weighted by atomic mass is 10.1. The summed E-state index contributed by atoms with van der Waals surface area (Å²) in [4.78, 5) is 16.8. The van der Waals surface area contributed by atoms with Crippen LogP contribution in [0.25, 0.3) is 0 Å². The smallest absolute Gasteiger partial charge is 0.223 e. The van der Waals surface area contributed by atoms with E-state index in [0.717, 1.165) is 32.0 Å². The third-order valence-corrected chi connectivity index (χ3v) is 4.17. The molecule has 1 aliphatic heterocycles. The molecule has 2 rings (SSSR count). The Labute approximate surface area is 126 Å². The molecule has 5 heteroatoms. The van der Waals surface area contributed by atoms with Gasteiger partial charge in [0.2, 0.25) is 5.91 Å². The summed E-state index contributed by atoms with van der Waals surface area (Å²) in [6.45, 7) is 7.61. The van der Waals surface area contributed by atoms with Gasteiger partial charge in [-0.1, -0.05) is 0 Å². The van der Waals surface area contributed by atoms with E-state index >= 15 is 0 Å². The van der Waals surface area contributed by atoms with Gasteiger partial charge in [0.25, 0.3) is 0 Å². The van der Waals surface area contributed by atoms with Crippen LogP contribution in [0.2, 0.25) is 0 Å². The minimum atomic E-state index is 0.219. The van der Waals surface area contributed by atoms with Crippen LogP contribution in [0.15, 0.2) is 22.8 Å². The highest BCUT2D eigenvalue weighted by Crippen LogP contribution is 2.17. The van der Waals surface area contributed by atoms with E-state index in [1.807, 2.05) is 17.0 Å². The number of carbonyl (C=O) groups excluding carboxylic acids is 1. The largest absolute Gasteiger partial charge is 0.469 e. The van der Waals surface area contributed by atoms with Gasteiger partial charge in [-0.25, -0.2) is 0 Å². The normalized spacial score (nSPS) is 23.5. The highest BCUT2D eigenvalue weighted by atomic mass is 16.5. The minimum Gasteiger partial charge on any atom is -0.469 e. The molecule has 1 fully saturated rings. The van der Waals surface area contributed by atoms with Gasteiger partial charge in [-0.05, 0) is 26.0 Å². The van der Waals surface area contributed by atoms with E-state index in [9.17, 15) is 4.79 Å². The molecule has 0 radical (unpaired) electrons. The van der Waals surface area contributed by atoms with E-state index in [4.69, 9.17) is 9.15 Å². The lowest BCUT2D eigenvalue weighted by Gasteiger charge is -2.44. The molecule has 21 heavy (non-hydrogen) atoms. The molecular formula is C16H26N2O3. The second kappa shape index (κ2) is 7.61. The number of hydrogen-bond acceptors (Lipinski definition) is 4. The molecule has 0 N–H and O–H groups in total. The van der Waals surface area contributed by atoms with Crippen LogP contribution in [-0.4, -0.2) is 61.1 Å². The Bertz CT molecular complexity index is 421. The number of nitrogens with zero attached hydrogens (tertiary/aromatic N) is 2. The lowest BCUT2D eigenvalue weighted by Crippen LogP contribution is -2.58. The molecule has 2 heterocycles. The first kappa shape index (κ1) is 16.0. The number of amides is 1. The molecule has 0 aliphatic carbocycles. The first-order valence-electron chi connectivity index (χ1n) is 7.66. The van der Waals surface area contributed by atoms with Crippen molar-refractivity contribution in [1.29, 1.82) is 0 Å². The van der Waals surface area contributed by atoms with Gasteiger partial charge < -0.3 is 14.1 Å². The van der Waals surface area contributed by atoms with Crippen LogP contribution in [-0.2, 0) is 16.0 Å². The predicted octanol–water partition coefficient (Wildman–Crippen LogP) is 1.78. The Morgan fingerprint density at radius 2 is 2.10 bits per heavy atom. The van der Waals surface area contributed by atoms with Crippen molar-refractivity contribution in [1.82, 2.24) is 9.80 Å². The molecule has 0 saturated carbocycles. The van der Waals surface area contributed by atoms with E-state index in [2.05, 4.69) is 18.7 Å². The van der Waals surface area contributed by atoms with Gasteiger partial charge >= 0.3 is 0 Å². The van der Waals surface area contributed by atoms with Gasteiger partial charge in [0, 0.05) is 51.7 Å². The van der Waals surface area contributed by atoms with Crippen LogP contribution in [0.5, 0.6) is 0 Å². The summed E-state index contributed by atoms with van der Waals surface area (Å²) in [7, 11) is 1.73. The van der Waals surface area contributed by atoms with E-state index in [0.29, 0.717) is 24.9 Å². The Balaban J connectivity index is 1.83. The average Bonchev–Trinajstić information content (AvgIpc) is 2.97. The maximum atomic E-state index is 12.3. The topological polar surface area (TPSA) is 45.9 Å². The quantitative estimate of drug-likeness (QED) is 0.802. The molecule has 5 nitrogen and oxygen atoms in total. The van der Waals surface area contributed by atoms with Crippen molar-refractivity contribution in [3.63, 3.8) is 0 Å². The Morgan fingerprint density at radius 1 is 1.38 bits per heavy atom. The molecule has 2 unspecified atom stereocenters. The number of carbonyl (C=O) groups is 1. The number of aryl methyl sites for hydroxylation is 1. The molecule has 0 bridgehead atoms. The van der Waals surface area contributed by atoms with Gasteiger partial charge in [-0.3, -0.25) is 9.69 Å². The Morgan fingerprint density at radius 3 is 2.67 bits per heavy atom. The Kier molecular flexibility index (Phi) is 5.82. The summed E-state index contributed by atoms with van der Waals surface area (Å²) in [6, 6.07) is 4.52. The molecule has 0 spiro atoms. The maximum Gasteiger partial charge on any atom is 0.223 e.